The maximum atomic E-state index is 12.2. The number of benzene rings is 1. The first-order valence-corrected chi connectivity index (χ1v) is 9.30. The zero-order chi connectivity index (χ0) is 17.1. The van der Waals surface area contributed by atoms with Crippen molar-refractivity contribution >= 4 is 5.91 Å². The average Bonchev–Trinajstić information content (AvgIpc) is 3.37. The maximum Gasteiger partial charge on any atom is 0.225 e. The maximum absolute atomic E-state index is 12.2. The predicted octanol–water partition coefficient (Wildman–Crippen LogP) is 3.21. The van der Waals surface area contributed by atoms with Crippen LogP contribution in [-0.2, 0) is 11.3 Å². The van der Waals surface area contributed by atoms with Crippen LogP contribution in [0.2, 0.25) is 0 Å². The summed E-state index contributed by atoms with van der Waals surface area (Å²) >= 11 is 0. The molecule has 1 N–H and O–H groups in total. The number of piperidine rings is 1. The first kappa shape index (κ1) is 17.3. The third kappa shape index (κ3) is 4.50. The van der Waals surface area contributed by atoms with E-state index < -0.39 is 0 Å². The molecule has 1 aliphatic heterocycles. The van der Waals surface area contributed by atoms with Gasteiger partial charge in [-0.25, -0.2) is 0 Å². The Labute approximate surface area is 145 Å². The molecule has 0 spiro atoms. The van der Waals surface area contributed by atoms with Gasteiger partial charge >= 0.3 is 0 Å². The summed E-state index contributed by atoms with van der Waals surface area (Å²) in [6.07, 6.45) is 3.43. The van der Waals surface area contributed by atoms with E-state index in [9.17, 15) is 4.79 Å². The number of hydrogen-bond donors (Lipinski definition) is 1. The molecule has 3 rings (SSSR count). The number of nitrogens with one attached hydrogen (secondary N) is 1. The van der Waals surface area contributed by atoms with Gasteiger partial charge < -0.3 is 15.0 Å². The van der Waals surface area contributed by atoms with Crippen molar-refractivity contribution in [3.63, 3.8) is 0 Å². The van der Waals surface area contributed by atoms with Gasteiger partial charge in [-0.2, -0.15) is 0 Å². The Bertz CT molecular complexity index is 569. The van der Waals surface area contributed by atoms with Crippen molar-refractivity contribution in [1.82, 2.24) is 10.2 Å². The normalized spacial score (nSPS) is 24.2. The van der Waals surface area contributed by atoms with E-state index in [1.165, 1.54) is 5.56 Å². The zero-order valence-corrected chi connectivity index (χ0v) is 15.1. The van der Waals surface area contributed by atoms with Gasteiger partial charge in [-0.05, 0) is 56.7 Å². The van der Waals surface area contributed by atoms with Gasteiger partial charge in [0.25, 0.3) is 0 Å². The molecule has 1 saturated carbocycles. The van der Waals surface area contributed by atoms with Crippen LogP contribution >= 0.6 is 0 Å². The molecule has 0 bridgehead atoms. The van der Waals surface area contributed by atoms with Crippen LogP contribution in [-0.4, -0.2) is 36.0 Å². The molecular formula is C20H30N2O2. The summed E-state index contributed by atoms with van der Waals surface area (Å²) in [4.78, 5) is 14.3. The fourth-order valence-corrected chi connectivity index (χ4v) is 3.49. The van der Waals surface area contributed by atoms with E-state index in [0.29, 0.717) is 23.8 Å². The van der Waals surface area contributed by atoms with E-state index >= 15 is 0 Å². The topological polar surface area (TPSA) is 41.6 Å². The molecule has 2 atom stereocenters. The highest BCUT2D eigenvalue weighted by Crippen LogP contribution is 2.32. The molecule has 0 radical (unpaired) electrons. The summed E-state index contributed by atoms with van der Waals surface area (Å²) in [7, 11) is 0. The number of rotatable bonds is 6. The number of hydrogen-bond acceptors (Lipinski definition) is 3. The molecule has 4 nitrogen and oxygen atoms in total. The number of likely N-dealkylation sites (tertiary alicyclic amines) is 1. The fourth-order valence-electron chi connectivity index (χ4n) is 3.49. The molecule has 0 aromatic heterocycles. The molecule has 1 heterocycles. The van der Waals surface area contributed by atoms with Gasteiger partial charge in [-0.1, -0.05) is 19.1 Å². The molecule has 132 valence electrons. The van der Waals surface area contributed by atoms with Gasteiger partial charge in [0.2, 0.25) is 5.91 Å². The van der Waals surface area contributed by atoms with Crippen molar-refractivity contribution in [3.05, 3.63) is 29.8 Å². The number of carbonyl (C=O) groups excluding carboxylic acids is 1. The lowest BCUT2D eigenvalue weighted by atomic mass is 9.93. The van der Waals surface area contributed by atoms with E-state index in [1.54, 1.807) is 0 Å². The third-order valence-electron chi connectivity index (χ3n) is 4.98. The Kier molecular flexibility index (Phi) is 5.44. The van der Waals surface area contributed by atoms with Crippen LogP contribution < -0.4 is 10.1 Å². The molecule has 1 saturated heterocycles. The molecule has 1 aliphatic carbocycles. The Morgan fingerprint density at radius 3 is 2.79 bits per heavy atom. The van der Waals surface area contributed by atoms with E-state index in [1.807, 2.05) is 19.9 Å². The number of ether oxygens (including phenoxy) is 1. The van der Waals surface area contributed by atoms with Gasteiger partial charge in [0.1, 0.15) is 5.75 Å². The minimum Gasteiger partial charge on any atom is -0.491 e. The minimum atomic E-state index is 0.196. The lowest BCUT2D eigenvalue weighted by Crippen LogP contribution is -2.50. The minimum absolute atomic E-state index is 0.196. The summed E-state index contributed by atoms with van der Waals surface area (Å²) in [5.74, 6) is 2.16. The molecule has 1 aromatic rings. The van der Waals surface area contributed by atoms with Gasteiger partial charge in [0.05, 0.1) is 6.10 Å². The zero-order valence-electron chi connectivity index (χ0n) is 15.1. The Balaban J connectivity index is 1.49. The van der Waals surface area contributed by atoms with Gasteiger partial charge in [-0.3, -0.25) is 4.79 Å². The second-order valence-corrected chi connectivity index (χ2v) is 7.63. The Morgan fingerprint density at radius 1 is 1.33 bits per heavy atom. The van der Waals surface area contributed by atoms with Gasteiger partial charge in [0, 0.05) is 31.6 Å². The van der Waals surface area contributed by atoms with Gasteiger partial charge in [0.15, 0.2) is 0 Å². The van der Waals surface area contributed by atoms with Crippen LogP contribution in [0.3, 0.4) is 0 Å². The summed E-state index contributed by atoms with van der Waals surface area (Å²) in [6.45, 7) is 8.98. The van der Waals surface area contributed by atoms with E-state index in [-0.39, 0.29) is 6.10 Å². The average molecular weight is 330 g/mol. The number of nitrogens with zero attached hydrogens (tertiary/aromatic N) is 1. The van der Waals surface area contributed by atoms with Crippen molar-refractivity contribution in [1.29, 1.82) is 0 Å². The standard InChI is InChI=1S/C20H30N2O2/c1-14(2)24-18-6-4-5-16(11-18)12-21-19-9-10-22(13-15(19)3)20(23)17-7-8-17/h4-6,11,14-15,17,19,21H,7-10,12-13H2,1-3H3. The van der Waals surface area contributed by atoms with Crippen LogP contribution in [0.4, 0.5) is 0 Å². The third-order valence-corrected chi connectivity index (χ3v) is 4.98. The van der Waals surface area contributed by atoms with Crippen LogP contribution in [0.1, 0.15) is 45.6 Å². The van der Waals surface area contributed by atoms with Crippen LogP contribution in [0.25, 0.3) is 0 Å². The van der Waals surface area contributed by atoms with Crippen LogP contribution in [0, 0.1) is 11.8 Å². The quantitative estimate of drug-likeness (QED) is 0.871. The molecule has 1 amide bonds. The highest BCUT2D eigenvalue weighted by molar-refractivity contribution is 5.81. The van der Waals surface area contributed by atoms with Crippen LogP contribution in [0.15, 0.2) is 24.3 Å². The molecule has 2 fully saturated rings. The molecular weight excluding hydrogens is 300 g/mol. The molecule has 4 heteroatoms. The van der Waals surface area contributed by atoms with Crippen molar-refractivity contribution in [3.8, 4) is 5.75 Å². The summed E-state index contributed by atoms with van der Waals surface area (Å²) in [5.41, 5.74) is 1.25. The predicted molar refractivity (Wildman–Crippen MR) is 95.9 cm³/mol. The largest absolute Gasteiger partial charge is 0.491 e. The number of carbonyl (C=O) groups is 1. The smallest absolute Gasteiger partial charge is 0.225 e. The van der Waals surface area contributed by atoms with E-state index in [2.05, 4.69) is 35.3 Å². The van der Waals surface area contributed by atoms with E-state index in [4.69, 9.17) is 4.74 Å². The first-order chi connectivity index (χ1) is 11.5. The molecule has 24 heavy (non-hydrogen) atoms. The second kappa shape index (κ2) is 7.56. The van der Waals surface area contributed by atoms with Crippen molar-refractivity contribution < 1.29 is 9.53 Å². The number of amides is 1. The molecule has 1 aromatic carbocycles. The SMILES string of the molecule is CC(C)Oc1cccc(CNC2CCN(C(=O)C3CC3)CC2C)c1. The first-order valence-electron chi connectivity index (χ1n) is 9.30. The highest BCUT2D eigenvalue weighted by Gasteiger charge is 2.36. The summed E-state index contributed by atoms with van der Waals surface area (Å²) in [5, 5.41) is 3.68. The Morgan fingerprint density at radius 2 is 2.12 bits per heavy atom. The lowest BCUT2D eigenvalue weighted by molar-refractivity contribution is -0.134. The molecule has 2 unspecified atom stereocenters. The lowest BCUT2D eigenvalue weighted by Gasteiger charge is -2.37. The molecule has 2 aliphatic rings. The fraction of sp³-hybridized carbons (Fsp3) is 0.650. The summed E-state index contributed by atoms with van der Waals surface area (Å²) in [6, 6.07) is 8.78. The summed E-state index contributed by atoms with van der Waals surface area (Å²) < 4.78 is 5.76. The van der Waals surface area contributed by atoms with Crippen LogP contribution in [0.5, 0.6) is 5.75 Å². The highest BCUT2D eigenvalue weighted by atomic mass is 16.5. The van der Waals surface area contributed by atoms with E-state index in [0.717, 1.165) is 44.6 Å². The van der Waals surface area contributed by atoms with Crippen molar-refractivity contribution in [2.24, 2.45) is 11.8 Å². The van der Waals surface area contributed by atoms with Gasteiger partial charge in [-0.15, -0.1) is 0 Å². The van der Waals surface area contributed by atoms with Crippen molar-refractivity contribution in [2.75, 3.05) is 13.1 Å². The second-order valence-electron chi connectivity index (χ2n) is 7.63. The monoisotopic (exact) mass is 330 g/mol. The Hall–Kier alpha value is -1.55. The van der Waals surface area contributed by atoms with Crippen molar-refractivity contribution in [2.45, 2.75) is 58.7 Å².